The summed E-state index contributed by atoms with van der Waals surface area (Å²) in [6.45, 7) is 4.05. The molecule has 0 spiro atoms. The lowest BCUT2D eigenvalue weighted by molar-refractivity contribution is 0.852. The molecular weight excluding hydrogens is 300 g/mol. The second-order valence-electron chi connectivity index (χ2n) is 5.09. The van der Waals surface area contributed by atoms with Gasteiger partial charge >= 0.3 is 0 Å². The lowest BCUT2D eigenvalue weighted by Crippen LogP contribution is -2.15. The molecule has 7 heteroatoms. The number of anilines is 1. The van der Waals surface area contributed by atoms with Crippen LogP contribution in [0.1, 0.15) is 19.4 Å². The maximum absolute atomic E-state index is 8.92. The van der Waals surface area contributed by atoms with Crippen LogP contribution in [0.4, 0.5) is 5.82 Å². The fraction of sp³-hybridized carbons (Fsp3) is 0.200. The predicted octanol–water partition coefficient (Wildman–Crippen LogP) is 3.14. The van der Waals surface area contributed by atoms with Crippen molar-refractivity contribution in [2.75, 3.05) is 5.32 Å². The van der Waals surface area contributed by atoms with E-state index in [0.717, 1.165) is 16.9 Å². The van der Waals surface area contributed by atoms with E-state index in [1.165, 1.54) is 6.33 Å². The second-order valence-corrected chi connectivity index (χ2v) is 5.44. The Hall–Kier alpha value is -2.65. The largest absolute Gasteiger partial charge is 0.367 e. The lowest BCUT2D eigenvalue weighted by atomic mass is 10.1. The van der Waals surface area contributed by atoms with Crippen LogP contribution >= 0.6 is 11.6 Å². The van der Waals surface area contributed by atoms with Crippen LogP contribution in [-0.2, 0) is 0 Å². The zero-order chi connectivity index (χ0) is 15.7. The van der Waals surface area contributed by atoms with Crippen LogP contribution in [0, 0.1) is 11.3 Å². The third-order valence-corrected chi connectivity index (χ3v) is 3.38. The first kappa shape index (κ1) is 14.3. The first-order valence-electron chi connectivity index (χ1n) is 6.76. The molecule has 0 saturated heterocycles. The molecule has 0 fully saturated rings. The first-order chi connectivity index (χ1) is 10.6. The second kappa shape index (κ2) is 5.62. The molecule has 0 aliphatic rings. The summed E-state index contributed by atoms with van der Waals surface area (Å²) in [5, 5.41) is 16.8. The number of hydrogen-bond donors (Lipinski definition) is 1. The van der Waals surface area contributed by atoms with Crippen molar-refractivity contribution in [2.24, 2.45) is 0 Å². The number of benzene rings is 1. The van der Waals surface area contributed by atoms with Gasteiger partial charge in [0.25, 0.3) is 5.78 Å². The van der Waals surface area contributed by atoms with Crippen LogP contribution in [0.25, 0.3) is 16.9 Å². The van der Waals surface area contributed by atoms with Gasteiger partial charge in [0.1, 0.15) is 17.3 Å². The minimum atomic E-state index is 0.183. The number of fused-ring (bicyclic) bond motifs is 1. The van der Waals surface area contributed by atoms with Crippen molar-refractivity contribution < 1.29 is 0 Å². The monoisotopic (exact) mass is 312 g/mol. The number of halogens is 1. The van der Waals surface area contributed by atoms with Gasteiger partial charge in [-0.15, -0.1) is 0 Å². The van der Waals surface area contributed by atoms with E-state index < -0.39 is 0 Å². The number of nitriles is 1. The standard InChI is InChI=1S/C15H13ClN6/c1-9(2)20-14-12(11-5-3-10(7-17)4-6-11)13(16)21-15-18-8-19-22(14)15/h3-6,8-9,20H,1-2H3. The van der Waals surface area contributed by atoms with E-state index in [4.69, 9.17) is 16.9 Å². The predicted molar refractivity (Wildman–Crippen MR) is 84.7 cm³/mol. The Kier molecular flexibility index (Phi) is 3.65. The van der Waals surface area contributed by atoms with Crippen LogP contribution in [0.15, 0.2) is 30.6 Å². The molecule has 0 radical (unpaired) electrons. The highest BCUT2D eigenvalue weighted by molar-refractivity contribution is 6.32. The highest BCUT2D eigenvalue weighted by Crippen LogP contribution is 2.34. The van der Waals surface area contributed by atoms with Crippen LogP contribution in [-0.4, -0.2) is 25.6 Å². The van der Waals surface area contributed by atoms with Gasteiger partial charge < -0.3 is 5.32 Å². The van der Waals surface area contributed by atoms with Crippen LogP contribution in [0.3, 0.4) is 0 Å². The molecule has 0 amide bonds. The Balaban J connectivity index is 2.26. The van der Waals surface area contributed by atoms with Crippen molar-refractivity contribution in [3.8, 4) is 17.2 Å². The van der Waals surface area contributed by atoms with Crippen molar-refractivity contribution in [2.45, 2.75) is 19.9 Å². The Bertz CT molecular complexity index is 860. The molecule has 0 aliphatic carbocycles. The Morgan fingerprint density at radius 3 is 2.64 bits per heavy atom. The van der Waals surface area contributed by atoms with Crippen molar-refractivity contribution in [3.63, 3.8) is 0 Å². The van der Waals surface area contributed by atoms with Crippen molar-refractivity contribution in [3.05, 3.63) is 41.3 Å². The maximum atomic E-state index is 8.92. The average Bonchev–Trinajstić information content (AvgIpc) is 2.95. The van der Waals surface area contributed by atoms with E-state index in [1.54, 1.807) is 16.6 Å². The Morgan fingerprint density at radius 1 is 1.27 bits per heavy atom. The van der Waals surface area contributed by atoms with Gasteiger partial charge in [-0.3, -0.25) is 0 Å². The van der Waals surface area contributed by atoms with Crippen molar-refractivity contribution in [1.82, 2.24) is 19.6 Å². The quantitative estimate of drug-likeness (QED) is 0.752. The smallest absolute Gasteiger partial charge is 0.255 e. The average molecular weight is 313 g/mol. The SMILES string of the molecule is CC(C)Nc1c(-c2ccc(C#N)cc2)c(Cl)nc2ncnn12. The molecule has 3 rings (SSSR count). The van der Waals surface area contributed by atoms with Gasteiger partial charge in [0.2, 0.25) is 0 Å². The summed E-state index contributed by atoms with van der Waals surface area (Å²) in [5.74, 6) is 1.16. The number of nitrogens with zero attached hydrogens (tertiary/aromatic N) is 5. The third kappa shape index (κ3) is 2.47. The van der Waals surface area contributed by atoms with E-state index in [2.05, 4.69) is 26.5 Å². The first-order valence-corrected chi connectivity index (χ1v) is 7.14. The molecule has 22 heavy (non-hydrogen) atoms. The van der Waals surface area contributed by atoms with Crippen LogP contribution < -0.4 is 5.32 Å². The number of hydrogen-bond acceptors (Lipinski definition) is 5. The van der Waals surface area contributed by atoms with Crippen molar-refractivity contribution >= 4 is 23.2 Å². The van der Waals surface area contributed by atoms with Gasteiger partial charge in [0.05, 0.1) is 17.2 Å². The molecule has 0 aliphatic heterocycles. The molecule has 0 atom stereocenters. The molecule has 110 valence electrons. The lowest BCUT2D eigenvalue weighted by Gasteiger charge is -2.16. The fourth-order valence-corrected chi connectivity index (χ4v) is 2.46. The Morgan fingerprint density at radius 2 is 2.00 bits per heavy atom. The number of aromatic nitrogens is 4. The molecular formula is C15H13ClN6. The molecule has 1 N–H and O–H groups in total. The minimum absolute atomic E-state index is 0.183. The Labute approximate surface area is 132 Å². The van der Waals surface area contributed by atoms with E-state index in [9.17, 15) is 0 Å². The molecule has 2 heterocycles. The highest BCUT2D eigenvalue weighted by atomic mass is 35.5. The van der Waals surface area contributed by atoms with Crippen LogP contribution in [0.5, 0.6) is 0 Å². The molecule has 6 nitrogen and oxygen atoms in total. The number of nitrogens with one attached hydrogen (secondary N) is 1. The minimum Gasteiger partial charge on any atom is -0.367 e. The molecule has 1 aromatic carbocycles. The van der Waals surface area contributed by atoms with E-state index >= 15 is 0 Å². The molecule has 3 aromatic rings. The van der Waals surface area contributed by atoms with Gasteiger partial charge in [-0.2, -0.15) is 24.8 Å². The molecule has 2 aromatic heterocycles. The number of rotatable bonds is 3. The van der Waals surface area contributed by atoms with Gasteiger partial charge in [-0.25, -0.2) is 0 Å². The summed E-state index contributed by atoms with van der Waals surface area (Å²) in [6, 6.07) is 9.46. The summed E-state index contributed by atoms with van der Waals surface area (Å²) in [5.41, 5.74) is 2.18. The maximum Gasteiger partial charge on any atom is 0.255 e. The molecule has 0 unspecified atom stereocenters. The molecule has 0 saturated carbocycles. The summed E-state index contributed by atoms with van der Waals surface area (Å²) >= 11 is 6.36. The summed E-state index contributed by atoms with van der Waals surface area (Å²) in [6.07, 6.45) is 1.44. The fourth-order valence-electron chi connectivity index (χ4n) is 2.19. The van der Waals surface area contributed by atoms with Gasteiger partial charge in [0, 0.05) is 6.04 Å². The van der Waals surface area contributed by atoms with Gasteiger partial charge in [-0.1, -0.05) is 23.7 Å². The van der Waals surface area contributed by atoms with E-state index in [-0.39, 0.29) is 6.04 Å². The normalized spacial score (nSPS) is 10.9. The van der Waals surface area contributed by atoms with Crippen molar-refractivity contribution in [1.29, 1.82) is 5.26 Å². The zero-order valence-corrected chi connectivity index (χ0v) is 12.8. The topological polar surface area (TPSA) is 78.9 Å². The summed E-state index contributed by atoms with van der Waals surface area (Å²) < 4.78 is 1.62. The van der Waals surface area contributed by atoms with Crippen LogP contribution in [0.2, 0.25) is 5.15 Å². The zero-order valence-electron chi connectivity index (χ0n) is 12.1. The summed E-state index contributed by atoms with van der Waals surface area (Å²) in [7, 11) is 0. The summed E-state index contributed by atoms with van der Waals surface area (Å²) in [4.78, 5) is 8.36. The van der Waals surface area contributed by atoms with Gasteiger partial charge in [0.15, 0.2) is 0 Å². The highest BCUT2D eigenvalue weighted by Gasteiger charge is 2.18. The van der Waals surface area contributed by atoms with E-state index in [1.807, 2.05) is 26.0 Å². The third-order valence-electron chi connectivity index (χ3n) is 3.11. The molecule has 0 bridgehead atoms. The van der Waals surface area contributed by atoms with E-state index in [0.29, 0.717) is 16.5 Å². The van der Waals surface area contributed by atoms with Gasteiger partial charge in [-0.05, 0) is 31.5 Å².